The summed E-state index contributed by atoms with van der Waals surface area (Å²) in [4.78, 5) is 0. The third-order valence-corrected chi connectivity index (χ3v) is 3.06. The van der Waals surface area contributed by atoms with Crippen molar-refractivity contribution >= 4 is 12.2 Å². The van der Waals surface area contributed by atoms with E-state index in [-0.39, 0.29) is 17.4 Å². The van der Waals surface area contributed by atoms with E-state index in [1.165, 1.54) is 6.07 Å². The predicted octanol–water partition coefficient (Wildman–Crippen LogP) is 4.39. The van der Waals surface area contributed by atoms with Gasteiger partial charge in [-0.1, -0.05) is 62.4 Å². The highest BCUT2D eigenvalue weighted by molar-refractivity contribution is 5.73. The van der Waals surface area contributed by atoms with E-state index in [9.17, 15) is 10.2 Å². The molecule has 2 nitrogen and oxygen atoms in total. The van der Waals surface area contributed by atoms with E-state index in [1.807, 2.05) is 62.4 Å². The van der Waals surface area contributed by atoms with Crippen LogP contribution >= 0.6 is 0 Å². The summed E-state index contributed by atoms with van der Waals surface area (Å²) in [7, 11) is 0. The van der Waals surface area contributed by atoms with Crippen LogP contribution in [0.25, 0.3) is 12.2 Å². The van der Waals surface area contributed by atoms with Crippen LogP contribution < -0.4 is 0 Å². The van der Waals surface area contributed by atoms with E-state index in [0.717, 1.165) is 16.7 Å². The number of rotatable bonds is 3. The summed E-state index contributed by atoms with van der Waals surface area (Å²) in [6, 6.07) is 13.3. The third-order valence-electron chi connectivity index (χ3n) is 3.06. The second kappa shape index (κ2) is 5.61. The summed E-state index contributed by atoms with van der Waals surface area (Å²) in [6.07, 6.45) is 3.96. The van der Waals surface area contributed by atoms with Crippen LogP contribution in [0.4, 0.5) is 0 Å². The van der Waals surface area contributed by atoms with Crippen LogP contribution in [0.1, 0.15) is 36.5 Å². The molecule has 2 N–H and O–H groups in total. The normalized spacial score (nSPS) is 11.3. The Morgan fingerprint density at radius 1 is 0.895 bits per heavy atom. The Hall–Kier alpha value is -2.22. The van der Waals surface area contributed by atoms with Gasteiger partial charge < -0.3 is 10.2 Å². The summed E-state index contributed by atoms with van der Waals surface area (Å²) in [5.74, 6) is 0.0493. The molecule has 0 bridgehead atoms. The first kappa shape index (κ1) is 13.2. The van der Waals surface area contributed by atoms with Gasteiger partial charge in [0.15, 0.2) is 11.5 Å². The van der Waals surface area contributed by atoms with Gasteiger partial charge in [-0.3, -0.25) is 0 Å². The highest BCUT2D eigenvalue weighted by Gasteiger charge is 2.13. The zero-order valence-corrected chi connectivity index (χ0v) is 11.2. The summed E-state index contributed by atoms with van der Waals surface area (Å²) in [5, 5.41) is 19.5. The maximum absolute atomic E-state index is 9.96. The molecule has 2 heteroatoms. The summed E-state index contributed by atoms with van der Waals surface area (Å²) in [6.45, 7) is 3.99. The minimum Gasteiger partial charge on any atom is -0.504 e. The molecule has 0 amide bonds. The summed E-state index contributed by atoms with van der Waals surface area (Å²) in [5.41, 5.74) is 2.80. The second-order valence-corrected chi connectivity index (χ2v) is 4.83. The van der Waals surface area contributed by atoms with Gasteiger partial charge in [0.1, 0.15) is 0 Å². The monoisotopic (exact) mass is 254 g/mol. The first-order valence-corrected chi connectivity index (χ1v) is 6.37. The van der Waals surface area contributed by atoms with Gasteiger partial charge in [0.25, 0.3) is 0 Å². The summed E-state index contributed by atoms with van der Waals surface area (Å²) < 4.78 is 0. The van der Waals surface area contributed by atoms with Gasteiger partial charge in [-0.25, -0.2) is 0 Å². The number of hydrogen-bond acceptors (Lipinski definition) is 2. The molecule has 0 atom stereocenters. The van der Waals surface area contributed by atoms with E-state index in [2.05, 4.69) is 0 Å². The zero-order valence-electron chi connectivity index (χ0n) is 11.2. The molecule has 19 heavy (non-hydrogen) atoms. The average molecular weight is 254 g/mol. The number of hydrogen-bond donors (Lipinski definition) is 2. The lowest BCUT2D eigenvalue weighted by molar-refractivity contribution is 0.397. The molecular weight excluding hydrogens is 236 g/mol. The standard InChI is InChI=1S/C17H18O2/c1-12(2)16-14(10-11-15(18)17(16)19)9-8-13-6-4-3-5-7-13/h3-12,18-19H,1-2H3. The van der Waals surface area contributed by atoms with Crippen LogP contribution in [0.2, 0.25) is 0 Å². The highest BCUT2D eigenvalue weighted by Crippen LogP contribution is 2.37. The predicted molar refractivity (Wildman–Crippen MR) is 79.2 cm³/mol. The first-order valence-electron chi connectivity index (χ1n) is 6.37. The Kier molecular flexibility index (Phi) is 3.91. The quantitative estimate of drug-likeness (QED) is 0.630. The topological polar surface area (TPSA) is 40.5 Å². The van der Waals surface area contributed by atoms with E-state index in [4.69, 9.17) is 0 Å². The first-order chi connectivity index (χ1) is 9.09. The van der Waals surface area contributed by atoms with Gasteiger partial charge in [-0.2, -0.15) is 0 Å². The van der Waals surface area contributed by atoms with Crippen molar-refractivity contribution in [3.8, 4) is 11.5 Å². The minimum absolute atomic E-state index is 0.0230. The SMILES string of the molecule is CC(C)c1c(C=Cc2ccccc2)ccc(O)c1O. The van der Waals surface area contributed by atoms with Crippen molar-refractivity contribution in [3.05, 3.63) is 59.2 Å². The highest BCUT2D eigenvalue weighted by atomic mass is 16.3. The Balaban J connectivity index is 2.41. The molecule has 0 saturated heterocycles. The largest absolute Gasteiger partial charge is 0.504 e. The van der Waals surface area contributed by atoms with E-state index < -0.39 is 0 Å². The fourth-order valence-electron chi connectivity index (χ4n) is 2.11. The maximum Gasteiger partial charge on any atom is 0.161 e. The van der Waals surface area contributed by atoms with Crippen LogP contribution in [0, 0.1) is 0 Å². The molecule has 0 saturated carbocycles. The van der Waals surface area contributed by atoms with Gasteiger partial charge >= 0.3 is 0 Å². The molecule has 0 aromatic heterocycles. The van der Waals surface area contributed by atoms with Crippen LogP contribution in [0.15, 0.2) is 42.5 Å². The van der Waals surface area contributed by atoms with Crippen LogP contribution in [-0.2, 0) is 0 Å². The van der Waals surface area contributed by atoms with Gasteiger partial charge in [0.2, 0.25) is 0 Å². The van der Waals surface area contributed by atoms with Gasteiger partial charge in [0, 0.05) is 5.56 Å². The molecule has 2 rings (SSSR count). The minimum atomic E-state index is -0.0689. The van der Waals surface area contributed by atoms with Gasteiger partial charge in [0.05, 0.1) is 0 Å². The van der Waals surface area contributed by atoms with Crippen LogP contribution in [0.3, 0.4) is 0 Å². The summed E-state index contributed by atoms with van der Waals surface area (Å²) >= 11 is 0. The van der Waals surface area contributed by atoms with Crippen molar-refractivity contribution in [1.29, 1.82) is 0 Å². The Labute approximate surface area is 113 Å². The lowest BCUT2D eigenvalue weighted by Crippen LogP contribution is -1.93. The lowest BCUT2D eigenvalue weighted by atomic mass is 9.95. The molecule has 0 radical (unpaired) electrons. The van der Waals surface area contributed by atoms with Crippen molar-refractivity contribution in [2.75, 3.05) is 0 Å². The molecule has 0 aliphatic rings. The fraction of sp³-hybridized carbons (Fsp3) is 0.176. The second-order valence-electron chi connectivity index (χ2n) is 4.83. The molecule has 0 spiro atoms. The number of phenols is 2. The molecule has 2 aromatic carbocycles. The molecule has 0 aliphatic heterocycles. The molecule has 0 unspecified atom stereocenters. The van der Waals surface area contributed by atoms with E-state index >= 15 is 0 Å². The van der Waals surface area contributed by atoms with Gasteiger partial charge in [-0.15, -0.1) is 0 Å². The average Bonchev–Trinajstić information content (AvgIpc) is 2.41. The van der Waals surface area contributed by atoms with E-state index in [1.54, 1.807) is 0 Å². The smallest absolute Gasteiger partial charge is 0.161 e. The number of aromatic hydroxyl groups is 2. The third kappa shape index (κ3) is 2.97. The molecule has 98 valence electrons. The number of benzene rings is 2. The van der Waals surface area contributed by atoms with E-state index in [0.29, 0.717) is 0 Å². The zero-order chi connectivity index (χ0) is 13.8. The molecule has 0 heterocycles. The fourth-order valence-corrected chi connectivity index (χ4v) is 2.11. The Morgan fingerprint density at radius 2 is 1.58 bits per heavy atom. The van der Waals surface area contributed by atoms with Crippen molar-refractivity contribution in [2.24, 2.45) is 0 Å². The molecule has 0 fully saturated rings. The van der Waals surface area contributed by atoms with Crippen LogP contribution in [0.5, 0.6) is 11.5 Å². The molecular formula is C17H18O2. The van der Waals surface area contributed by atoms with Crippen molar-refractivity contribution in [1.82, 2.24) is 0 Å². The van der Waals surface area contributed by atoms with Crippen molar-refractivity contribution in [3.63, 3.8) is 0 Å². The Morgan fingerprint density at radius 3 is 2.21 bits per heavy atom. The van der Waals surface area contributed by atoms with Crippen molar-refractivity contribution in [2.45, 2.75) is 19.8 Å². The number of phenolic OH excluding ortho intramolecular Hbond substituents is 2. The lowest BCUT2D eigenvalue weighted by Gasteiger charge is -2.13. The Bertz CT molecular complexity index is 584. The van der Waals surface area contributed by atoms with Crippen molar-refractivity contribution < 1.29 is 10.2 Å². The van der Waals surface area contributed by atoms with Gasteiger partial charge in [-0.05, 0) is 23.1 Å². The molecule has 0 aliphatic carbocycles. The maximum atomic E-state index is 9.96. The van der Waals surface area contributed by atoms with Crippen LogP contribution in [-0.4, -0.2) is 10.2 Å². The molecule has 2 aromatic rings.